The molecule has 0 saturated heterocycles. The fraction of sp³-hybridized carbons (Fsp3) is 0.167. The van der Waals surface area contributed by atoms with Gasteiger partial charge in [0.15, 0.2) is 11.5 Å². The van der Waals surface area contributed by atoms with E-state index in [2.05, 4.69) is 5.32 Å². The van der Waals surface area contributed by atoms with Crippen LogP contribution in [0.5, 0.6) is 11.5 Å². The lowest BCUT2D eigenvalue weighted by Crippen LogP contribution is -2.37. The van der Waals surface area contributed by atoms with Gasteiger partial charge in [0.25, 0.3) is 0 Å². The number of carboxylic acids is 1. The Morgan fingerprint density at radius 1 is 1.28 bits per heavy atom. The van der Waals surface area contributed by atoms with Gasteiger partial charge in [-0.25, -0.2) is 0 Å². The number of carbonyl (C=O) groups is 2. The van der Waals surface area contributed by atoms with Crippen LogP contribution in [0.15, 0.2) is 24.3 Å². The normalized spacial score (nSPS) is 12.3. The van der Waals surface area contributed by atoms with Crippen molar-refractivity contribution in [3.8, 4) is 11.5 Å². The van der Waals surface area contributed by atoms with Crippen molar-refractivity contribution in [3.63, 3.8) is 0 Å². The number of aromatic hydroxyl groups is 2. The lowest BCUT2D eigenvalue weighted by atomic mass is 10.2. The maximum Gasteiger partial charge on any atom is 0.325 e. The molecule has 1 aromatic carbocycles. The lowest BCUT2D eigenvalue weighted by Gasteiger charge is -2.06. The molecule has 0 bridgehead atoms. The molecule has 0 aromatic heterocycles. The number of phenolic OH excluding ortho intramolecular Hbond substituents is 2. The molecule has 0 saturated carbocycles. The Morgan fingerprint density at radius 3 is 2.50 bits per heavy atom. The molecular weight excluding hydrogens is 238 g/mol. The van der Waals surface area contributed by atoms with E-state index in [0.29, 0.717) is 5.56 Å². The summed E-state index contributed by atoms with van der Waals surface area (Å²) in [7, 11) is 0. The highest BCUT2D eigenvalue weighted by molar-refractivity contribution is 5.94. The van der Waals surface area contributed by atoms with Gasteiger partial charge in [-0.05, 0) is 30.7 Å². The predicted molar refractivity (Wildman–Crippen MR) is 64.0 cm³/mol. The molecule has 0 spiro atoms. The van der Waals surface area contributed by atoms with E-state index in [-0.39, 0.29) is 11.5 Å². The van der Waals surface area contributed by atoms with Gasteiger partial charge in [0.2, 0.25) is 5.91 Å². The zero-order chi connectivity index (χ0) is 13.7. The molecule has 4 N–H and O–H groups in total. The number of phenols is 2. The molecule has 0 aliphatic carbocycles. The van der Waals surface area contributed by atoms with Gasteiger partial charge in [0, 0.05) is 6.08 Å². The second kappa shape index (κ2) is 5.72. The summed E-state index contributed by atoms with van der Waals surface area (Å²) in [6.45, 7) is 1.35. The quantitative estimate of drug-likeness (QED) is 0.465. The highest BCUT2D eigenvalue weighted by atomic mass is 16.4. The van der Waals surface area contributed by atoms with Crippen molar-refractivity contribution in [1.82, 2.24) is 5.32 Å². The monoisotopic (exact) mass is 251 g/mol. The largest absolute Gasteiger partial charge is 0.504 e. The number of nitrogens with one attached hydrogen (secondary N) is 1. The molecule has 1 rings (SSSR count). The Hall–Kier alpha value is -2.50. The number of hydrogen-bond donors (Lipinski definition) is 4. The van der Waals surface area contributed by atoms with Gasteiger partial charge in [-0.1, -0.05) is 6.07 Å². The summed E-state index contributed by atoms with van der Waals surface area (Å²) < 4.78 is 0. The maximum atomic E-state index is 11.3. The van der Waals surface area contributed by atoms with Crippen LogP contribution in [0.1, 0.15) is 12.5 Å². The number of amides is 1. The first-order chi connectivity index (χ1) is 8.40. The zero-order valence-corrected chi connectivity index (χ0v) is 9.62. The second-order valence-corrected chi connectivity index (χ2v) is 3.65. The van der Waals surface area contributed by atoms with E-state index >= 15 is 0 Å². The number of hydrogen-bond acceptors (Lipinski definition) is 4. The molecule has 0 aliphatic heterocycles. The van der Waals surface area contributed by atoms with E-state index < -0.39 is 17.9 Å². The Labute approximate surface area is 103 Å². The minimum Gasteiger partial charge on any atom is -0.504 e. The third-order valence-electron chi connectivity index (χ3n) is 2.16. The molecule has 1 amide bonds. The topological polar surface area (TPSA) is 107 Å². The second-order valence-electron chi connectivity index (χ2n) is 3.65. The van der Waals surface area contributed by atoms with E-state index in [1.54, 1.807) is 0 Å². The standard InChI is InChI=1S/C12H13NO5/c1-7(12(17)18)13-11(16)5-3-8-2-4-9(14)10(15)6-8/h2-7,14-15H,1H3,(H,13,16)(H,17,18)/t7-/m0/s1. The number of benzene rings is 1. The minimum atomic E-state index is -1.13. The summed E-state index contributed by atoms with van der Waals surface area (Å²) >= 11 is 0. The number of carboxylic acid groups (broad SMARTS) is 1. The van der Waals surface area contributed by atoms with Gasteiger partial charge < -0.3 is 20.6 Å². The average molecular weight is 251 g/mol. The maximum absolute atomic E-state index is 11.3. The van der Waals surface area contributed by atoms with Crippen molar-refractivity contribution in [2.75, 3.05) is 0 Å². The Morgan fingerprint density at radius 2 is 1.94 bits per heavy atom. The van der Waals surface area contributed by atoms with Crippen LogP contribution in [0, 0.1) is 0 Å². The lowest BCUT2D eigenvalue weighted by molar-refractivity contribution is -0.140. The number of aliphatic carboxylic acids is 1. The van der Waals surface area contributed by atoms with E-state index in [1.807, 2.05) is 0 Å². The van der Waals surface area contributed by atoms with Crippen LogP contribution in [0.4, 0.5) is 0 Å². The Bertz CT molecular complexity index is 495. The van der Waals surface area contributed by atoms with Gasteiger partial charge in [0.05, 0.1) is 0 Å². The van der Waals surface area contributed by atoms with Crippen molar-refractivity contribution < 1.29 is 24.9 Å². The van der Waals surface area contributed by atoms with Crippen molar-refractivity contribution in [1.29, 1.82) is 0 Å². The van der Waals surface area contributed by atoms with E-state index in [4.69, 9.17) is 10.2 Å². The molecule has 0 aliphatic rings. The molecule has 96 valence electrons. The van der Waals surface area contributed by atoms with Crippen molar-refractivity contribution >= 4 is 18.0 Å². The van der Waals surface area contributed by atoms with Crippen LogP contribution in [0.3, 0.4) is 0 Å². The van der Waals surface area contributed by atoms with Crippen LogP contribution in [-0.2, 0) is 9.59 Å². The van der Waals surface area contributed by atoms with Crippen LogP contribution >= 0.6 is 0 Å². The fourth-order valence-electron chi connectivity index (χ4n) is 1.14. The number of carbonyl (C=O) groups excluding carboxylic acids is 1. The molecule has 0 radical (unpaired) electrons. The van der Waals surface area contributed by atoms with E-state index in [9.17, 15) is 14.7 Å². The SMILES string of the molecule is C[C@H](NC(=O)C=Cc1ccc(O)c(O)c1)C(=O)O. The highest BCUT2D eigenvalue weighted by Gasteiger charge is 2.11. The van der Waals surface area contributed by atoms with Gasteiger partial charge >= 0.3 is 5.97 Å². The molecule has 0 heterocycles. The van der Waals surface area contributed by atoms with E-state index in [1.165, 1.54) is 31.2 Å². The van der Waals surface area contributed by atoms with Crippen LogP contribution < -0.4 is 5.32 Å². The van der Waals surface area contributed by atoms with Gasteiger partial charge in [-0.2, -0.15) is 0 Å². The third kappa shape index (κ3) is 3.82. The smallest absolute Gasteiger partial charge is 0.325 e. The number of rotatable bonds is 4. The molecule has 1 atom stereocenters. The Kier molecular flexibility index (Phi) is 4.31. The zero-order valence-electron chi connectivity index (χ0n) is 9.62. The van der Waals surface area contributed by atoms with Crippen molar-refractivity contribution in [3.05, 3.63) is 29.8 Å². The van der Waals surface area contributed by atoms with Crippen LogP contribution in [0.2, 0.25) is 0 Å². The molecule has 0 fully saturated rings. The van der Waals surface area contributed by atoms with Gasteiger partial charge in [-0.3, -0.25) is 9.59 Å². The summed E-state index contributed by atoms with van der Waals surface area (Å²) in [4.78, 5) is 21.8. The summed E-state index contributed by atoms with van der Waals surface area (Å²) in [5.74, 6) is -2.23. The highest BCUT2D eigenvalue weighted by Crippen LogP contribution is 2.25. The third-order valence-corrected chi connectivity index (χ3v) is 2.16. The first-order valence-corrected chi connectivity index (χ1v) is 5.13. The van der Waals surface area contributed by atoms with Crippen LogP contribution in [-0.4, -0.2) is 33.2 Å². The fourth-order valence-corrected chi connectivity index (χ4v) is 1.14. The molecule has 18 heavy (non-hydrogen) atoms. The van der Waals surface area contributed by atoms with Crippen LogP contribution in [0.25, 0.3) is 6.08 Å². The summed E-state index contributed by atoms with van der Waals surface area (Å²) in [5, 5.41) is 29.1. The molecular formula is C12H13NO5. The molecule has 0 unspecified atom stereocenters. The summed E-state index contributed by atoms with van der Waals surface area (Å²) in [6, 6.07) is 3.08. The first-order valence-electron chi connectivity index (χ1n) is 5.13. The predicted octanol–water partition coefficient (Wildman–Crippen LogP) is 0.700. The first kappa shape index (κ1) is 13.6. The summed E-state index contributed by atoms with van der Waals surface area (Å²) in [5.41, 5.74) is 0.503. The van der Waals surface area contributed by atoms with Crippen molar-refractivity contribution in [2.24, 2.45) is 0 Å². The van der Waals surface area contributed by atoms with Crippen molar-refractivity contribution in [2.45, 2.75) is 13.0 Å². The van der Waals surface area contributed by atoms with Gasteiger partial charge in [0.1, 0.15) is 6.04 Å². The van der Waals surface area contributed by atoms with Gasteiger partial charge in [-0.15, -0.1) is 0 Å². The minimum absolute atomic E-state index is 0.254. The average Bonchev–Trinajstić information content (AvgIpc) is 2.30. The summed E-state index contributed by atoms with van der Waals surface area (Å²) in [6.07, 6.45) is 2.54. The molecule has 6 heteroatoms. The molecule has 6 nitrogen and oxygen atoms in total. The molecule has 1 aromatic rings. The van der Waals surface area contributed by atoms with E-state index in [0.717, 1.165) is 6.08 Å². The Balaban J connectivity index is 2.66.